The minimum absolute atomic E-state index is 0.363. The molecule has 0 aliphatic rings. The number of rotatable bonds is 10. The Labute approximate surface area is 153 Å². The molecule has 0 spiro atoms. The van der Waals surface area contributed by atoms with Gasteiger partial charge in [0.1, 0.15) is 18.0 Å². The molecule has 8 heteroatoms. The number of benzene rings is 1. The SMILES string of the molecule is COCCOCCOc1ccc(C(NC(=O)OC(C)(C)C)C(=O)O)cc1. The summed E-state index contributed by atoms with van der Waals surface area (Å²) >= 11 is 0. The predicted molar refractivity (Wildman–Crippen MR) is 94.4 cm³/mol. The predicted octanol–water partition coefficient (Wildman–Crippen LogP) is 2.38. The fourth-order valence-corrected chi connectivity index (χ4v) is 1.93. The summed E-state index contributed by atoms with van der Waals surface area (Å²) in [7, 11) is 1.60. The van der Waals surface area contributed by atoms with Gasteiger partial charge in [0.15, 0.2) is 6.04 Å². The van der Waals surface area contributed by atoms with Crippen LogP contribution in [0.3, 0.4) is 0 Å². The number of carbonyl (C=O) groups excluding carboxylic acids is 1. The summed E-state index contributed by atoms with van der Waals surface area (Å²) in [4.78, 5) is 23.3. The Balaban J connectivity index is 2.57. The lowest BCUT2D eigenvalue weighted by atomic mass is 10.1. The first-order valence-corrected chi connectivity index (χ1v) is 8.24. The molecule has 1 atom stereocenters. The Kier molecular flexibility index (Phi) is 8.87. The summed E-state index contributed by atoms with van der Waals surface area (Å²) in [5.41, 5.74) is -0.303. The number of hydrogen-bond donors (Lipinski definition) is 2. The number of alkyl carbamates (subject to hydrolysis) is 1. The van der Waals surface area contributed by atoms with Gasteiger partial charge in [-0.25, -0.2) is 9.59 Å². The molecule has 0 heterocycles. The third-order valence-corrected chi connectivity index (χ3v) is 3.05. The molecule has 1 amide bonds. The highest BCUT2D eigenvalue weighted by molar-refractivity contribution is 5.81. The Morgan fingerprint density at radius 3 is 2.23 bits per heavy atom. The van der Waals surface area contributed by atoms with Crippen molar-refractivity contribution in [3.8, 4) is 5.75 Å². The minimum atomic E-state index is -1.21. The van der Waals surface area contributed by atoms with E-state index in [1.54, 1.807) is 52.1 Å². The number of carboxylic acids is 1. The van der Waals surface area contributed by atoms with E-state index in [2.05, 4.69) is 5.32 Å². The van der Waals surface area contributed by atoms with Crippen molar-refractivity contribution in [3.63, 3.8) is 0 Å². The number of nitrogens with one attached hydrogen (secondary N) is 1. The maximum atomic E-state index is 11.8. The van der Waals surface area contributed by atoms with Crippen LogP contribution in [0.2, 0.25) is 0 Å². The number of methoxy groups -OCH3 is 1. The second kappa shape index (κ2) is 10.6. The lowest BCUT2D eigenvalue weighted by molar-refractivity contribution is -0.139. The Morgan fingerprint density at radius 2 is 1.69 bits per heavy atom. The largest absolute Gasteiger partial charge is 0.491 e. The number of carbonyl (C=O) groups is 2. The van der Waals surface area contributed by atoms with Gasteiger partial charge in [-0.1, -0.05) is 12.1 Å². The van der Waals surface area contributed by atoms with E-state index in [1.165, 1.54) is 0 Å². The molecular formula is C18H27NO7. The van der Waals surface area contributed by atoms with Gasteiger partial charge in [0.05, 0.1) is 19.8 Å². The molecule has 1 aromatic carbocycles. The first-order valence-electron chi connectivity index (χ1n) is 8.24. The van der Waals surface area contributed by atoms with Crippen LogP contribution in [-0.2, 0) is 19.0 Å². The first-order chi connectivity index (χ1) is 12.2. The fraction of sp³-hybridized carbons (Fsp3) is 0.556. The zero-order chi connectivity index (χ0) is 19.6. The lowest BCUT2D eigenvalue weighted by Crippen LogP contribution is -2.38. The van der Waals surface area contributed by atoms with E-state index in [9.17, 15) is 14.7 Å². The molecular weight excluding hydrogens is 342 g/mol. The second-order valence-corrected chi connectivity index (χ2v) is 6.44. The number of amides is 1. The van der Waals surface area contributed by atoms with Crippen molar-refractivity contribution >= 4 is 12.1 Å². The van der Waals surface area contributed by atoms with Crippen LogP contribution in [0, 0.1) is 0 Å². The summed E-state index contributed by atoms with van der Waals surface area (Å²) < 4.78 is 20.7. The van der Waals surface area contributed by atoms with Gasteiger partial charge in [-0.15, -0.1) is 0 Å². The highest BCUT2D eigenvalue weighted by Gasteiger charge is 2.25. The number of ether oxygens (including phenoxy) is 4. The molecule has 0 radical (unpaired) electrons. The van der Waals surface area contributed by atoms with Crippen molar-refractivity contribution in [1.29, 1.82) is 0 Å². The average Bonchev–Trinajstić information content (AvgIpc) is 2.55. The summed E-state index contributed by atoms with van der Waals surface area (Å²) in [5, 5.41) is 11.7. The van der Waals surface area contributed by atoms with Gasteiger partial charge in [-0.05, 0) is 38.5 Å². The molecule has 0 aliphatic carbocycles. The van der Waals surface area contributed by atoms with Gasteiger partial charge in [-0.2, -0.15) is 0 Å². The third-order valence-electron chi connectivity index (χ3n) is 3.05. The molecule has 1 aromatic rings. The molecule has 1 rings (SSSR count). The van der Waals surface area contributed by atoms with Gasteiger partial charge in [-0.3, -0.25) is 0 Å². The normalized spacial score (nSPS) is 12.3. The van der Waals surface area contributed by atoms with Crippen LogP contribution in [0.4, 0.5) is 4.79 Å². The number of aliphatic carboxylic acids is 1. The molecule has 1 unspecified atom stereocenters. The van der Waals surface area contributed by atoms with E-state index in [-0.39, 0.29) is 0 Å². The van der Waals surface area contributed by atoms with E-state index >= 15 is 0 Å². The van der Waals surface area contributed by atoms with Crippen molar-refractivity contribution in [2.24, 2.45) is 0 Å². The number of hydrogen-bond acceptors (Lipinski definition) is 6. The fourth-order valence-electron chi connectivity index (χ4n) is 1.93. The van der Waals surface area contributed by atoms with Gasteiger partial charge >= 0.3 is 12.1 Å². The standard InChI is InChI=1S/C18H27NO7/c1-18(2,3)26-17(22)19-15(16(20)21)13-5-7-14(8-6-13)25-12-11-24-10-9-23-4/h5-8,15H,9-12H2,1-4H3,(H,19,22)(H,20,21). The van der Waals surface area contributed by atoms with Crippen molar-refractivity contribution in [2.45, 2.75) is 32.4 Å². The molecule has 2 N–H and O–H groups in total. The lowest BCUT2D eigenvalue weighted by Gasteiger charge is -2.22. The third kappa shape index (κ3) is 8.68. The van der Waals surface area contributed by atoms with Crippen molar-refractivity contribution < 1.29 is 33.6 Å². The first kappa shape index (κ1) is 21.7. The molecule has 0 fully saturated rings. The van der Waals surface area contributed by atoms with Crippen LogP contribution in [0.1, 0.15) is 32.4 Å². The van der Waals surface area contributed by atoms with Crippen LogP contribution in [0.25, 0.3) is 0 Å². The maximum Gasteiger partial charge on any atom is 0.408 e. The topological polar surface area (TPSA) is 103 Å². The van der Waals surface area contributed by atoms with Gasteiger partial charge < -0.3 is 29.4 Å². The quantitative estimate of drug-likeness (QED) is 0.610. The molecule has 0 bridgehead atoms. The van der Waals surface area contributed by atoms with Crippen LogP contribution < -0.4 is 10.1 Å². The van der Waals surface area contributed by atoms with Crippen molar-refractivity contribution in [3.05, 3.63) is 29.8 Å². The van der Waals surface area contributed by atoms with Crippen LogP contribution in [0.5, 0.6) is 5.75 Å². The van der Waals surface area contributed by atoms with Crippen LogP contribution >= 0.6 is 0 Å². The highest BCUT2D eigenvalue weighted by Crippen LogP contribution is 2.19. The molecule has 0 aromatic heterocycles. The van der Waals surface area contributed by atoms with Gasteiger partial charge in [0, 0.05) is 7.11 Å². The Bertz CT molecular complexity index is 566. The van der Waals surface area contributed by atoms with Crippen LogP contribution in [0.15, 0.2) is 24.3 Å². The molecule has 0 saturated heterocycles. The Morgan fingerprint density at radius 1 is 1.08 bits per heavy atom. The summed E-state index contributed by atoms with van der Waals surface area (Å²) in [6, 6.07) is 5.22. The summed E-state index contributed by atoms with van der Waals surface area (Å²) in [6.45, 7) is 6.91. The van der Waals surface area contributed by atoms with Gasteiger partial charge in [0.2, 0.25) is 0 Å². The monoisotopic (exact) mass is 369 g/mol. The summed E-state index contributed by atoms with van der Waals surface area (Å²) in [6.07, 6.45) is -0.793. The highest BCUT2D eigenvalue weighted by atomic mass is 16.6. The van der Waals surface area contributed by atoms with Crippen molar-refractivity contribution in [1.82, 2.24) is 5.32 Å². The van der Waals surface area contributed by atoms with E-state index in [4.69, 9.17) is 18.9 Å². The smallest absolute Gasteiger partial charge is 0.408 e. The molecule has 146 valence electrons. The average molecular weight is 369 g/mol. The molecule has 8 nitrogen and oxygen atoms in total. The van der Waals surface area contributed by atoms with E-state index < -0.39 is 23.7 Å². The van der Waals surface area contributed by atoms with Crippen molar-refractivity contribution in [2.75, 3.05) is 33.5 Å². The summed E-state index contributed by atoms with van der Waals surface area (Å²) in [5.74, 6) is -0.610. The molecule has 0 saturated carbocycles. The zero-order valence-corrected chi connectivity index (χ0v) is 15.6. The van der Waals surface area contributed by atoms with E-state index in [1.807, 2.05) is 0 Å². The van der Waals surface area contributed by atoms with E-state index in [0.717, 1.165) is 0 Å². The van der Waals surface area contributed by atoms with E-state index in [0.29, 0.717) is 37.7 Å². The zero-order valence-electron chi connectivity index (χ0n) is 15.6. The number of carboxylic acid groups (broad SMARTS) is 1. The van der Waals surface area contributed by atoms with Gasteiger partial charge in [0.25, 0.3) is 0 Å². The minimum Gasteiger partial charge on any atom is -0.491 e. The van der Waals surface area contributed by atoms with Crippen LogP contribution in [-0.4, -0.2) is 56.3 Å². The molecule has 26 heavy (non-hydrogen) atoms. The maximum absolute atomic E-state index is 11.8. The Hall–Kier alpha value is -2.32. The second-order valence-electron chi connectivity index (χ2n) is 6.44. The molecule has 0 aliphatic heterocycles.